The molecule has 54 heavy (non-hydrogen) atoms. The van der Waals surface area contributed by atoms with Gasteiger partial charge in [-0.25, -0.2) is 4.79 Å². The number of carbonyl (C=O) groups is 2. The van der Waals surface area contributed by atoms with Gasteiger partial charge in [-0.15, -0.1) is 0 Å². The smallest absolute Gasteiger partial charge is 0.338 e. The standard InChI is InChI=1S/C49H87NO4/c1-3-5-7-9-11-13-15-17-18-19-20-21-22-23-24-26-28-30-32-34-39-43-48(52)50-46(44-54-49(53)45-40-36-35-37-41-45)47(51)42-38-33-31-29-27-25-16-14-12-10-8-6-4-2/h35-38,40-42,46-47,51H,3-34,39,43-44H2,1-2H3,(H,50,52)/b42-38+/t46-,47+/m0/s1. The summed E-state index contributed by atoms with van der Waals surface area (Å²) in [5.74, 6) is -0.539. The van der Waals surface area contributed by atoms with Crippen molar-refractivity contribution in [1.82, 2.24) is 5.32 Å². The molecule has 2 atom stereocenters. The maximum absolute atomic E-state index is 12.9. The molecule has 0 spiro atoms. The van der Waals surface area contributed by atoms with Crippen LogP contribution in [0.2, 0.25) is 0 Å². The molecule has 0 aromatic heterocycles. The lowest BCUT2D eigenvalue weighted by Crippen LogP contribution is -2.46. The van der Waals surface area contributed by atoms with Crippen LogP contribution in [0.4, 0.5) is 0 Å². The van der Waals surface area contributed by atoms with E-state index in [2.05, 4.69) is 19.2 Å². The van der Waals surface area contributed by atoms with E-state index in [4.69, 9.17) is 4.74 Å². The van der Waals surface area contributed by atoms with Gasteiger partial charge >= 0.3 is 5.97 Å². The van der Waals surface area contributed by atoms with E-state index in [-0.39, 0.29) is 12.5 Å². The average Bonchev–Trinajstić information content (AvgIpc) is 3.18. The lowest BCUT2D eigenvalue weighted by Gasteiger charge is -2.22. The summed E-state index contributed by atoms with van der Waals surface area (Å²) in [7, 11) is 0. The van der Waals surface area contributed by atoms with E-state index < -0.39 is 18.1 Å². The molecule has 0 aliphatic heterocycles. The van der Waals surface area contributed by atoms with Crippen molar-refractivity contribution in [2.24, 2.45) is 0 Å². The van der Waals surface area contributed by atoms with Crippen LogP contribution in [0.15, 0.2) is 42.5 Å². The van der Waals surface area contributed by atoms with Gasteiger partial charge in [-0.05, 0) is 31.4 Å². The minimum atomic E-state index is -0.912. The number of hydrogen-bond acceptors (Lipinski definition) is 4. The number of ether oxygens (including phenoxy) is 1. The fraction of sp³-hybridized carbons (Fsp3) is 0.796. The minimum Gasteiger partial charge on any atom is -0.460 e. The molecule has 1 rings (SSSR count). The van der Waals surface area contributed by atoms with Crippen LogP contribution in [0.1, 0.15) is 243 Å². The summed E-state index contributed by atoms with van der Waals surface area (Å²) in [6.45, 7) is 4.49. The van der Waals surface area contributed by atoms with Crippen molar-refractivity contribution in [3.8, 4) is 0 Å². The molecule has 1 aromatic carbocycles. The van der Waals surface area contributed by atoms with Gasteiger partial charge in [0.05, 0.1) is 17.7 Å². The van der Waals surface area contributed by atoms with Crippen molar-refractivity contribution >= 4 is 11.9 Å². The highest BCUT2D eigenvalue weighted by atomic mass is 16.5. The van der Waals surface area contributed by atoms with Gasteiger partial charge in [0.1, 0.15) is 6.61 Å². The lowest BCUT2D eigenvalue weighted by molar-refractivity contribution is -0.123. The Morgan fingerprint density at radius 1 is 0.556 bits per heavy atom. The fourth-order valence-corrected chi connectivity index (χ4v) is 7.34. The average molecular weight is 754 g/mol. The third-order valence-corrected chi connectivity index (χ3v) is 11.0. The number of nitrogens with one attached hydrogen (secondary N) is 1. The zero-order chi connectivity index (χ0) is 39.0. The topological polar surface area (TPSA) is 75.6 Å². The molecular formula is C49H87NO4. The molecule has 312 valence electrons. The van der Waals surface area contributed by atoms with Gasteiger partial charge in [-0.1, -0.05) is 237 Å². The summed E-state index contributed by atoms with van der Waals surface area (Å²) in [4.78, 5) is 25.5. The monoisotopic (exact) mass is 754 g/mol. The number of benzene rings is 1. The summed E-state index contributed by atoms with van der Waals surface area (Å²) in [6.07, 6.45) is 46.6. The summed E-state index contributed by atoms with van der Waals surface area (Å²) in [5.41, 5.74) is 0.462. The first kappa shape index (κ1) is 49.9. The van der Waals surface area contributed by atoms with Crippen molar-refractivity contribution in [3.63, 3.8) is 0 Å². The summed E-state index contributed by atoms with van der Waals surface area (Å²) >= 11 is 0. The lowest BCUT2D eigenvalue weighted by atomic mass is 10.0. The van der Waals surface area contributed by atoms with Crippen LogP contribution in [0.25, 0.3) is 0 Å². The Balaban J connectivity index is 2.17. The fourth-order valence-electron chi connectivity index (χ4n) is 7.34. The zero-order valence-corrected chi connectivity index (χ0v) is 35.6. The molecule has 0 unspecified atom stereocenters. The highest BCUT2D eigenvalue weighted by molar-refractivity contribution is 5.89. The van der Waals surface area contributed by atoms with Gasteiger partial charge in [0.25, 0.3) is 0 Å². The van der Waals surface area contributed by atoms with E-state index in [1.165, 1.54) is 180 Å². The highest BCUT2D eigenvalue weighted by Gasteiger charge is 2.21. The molecule has 0 radical (unpaired) electrons. The number of carbonyl (C=O) groups excluding carboxylic acids is 2. The number of unbranched alkanes of at least 4 members (excludes halogenated alkanes) is 31. The molecule has 0 saturated carbocycles. The van der Waals surface area contributed by atoms with Crippen molar-refractivity contribution in [3.05, 3.63) is 48.0 Å². The molecule has 5 nitrogen and oxygen atoms in total. The number of esters is 1. The molecule has 0 aliphatic carbocycles. The number of hydrogen-bond donors (Lipinski definition) is 2. The van der Waals surface area contributed by atoms with Crippen LogP contribution in [-0.2, 0) is 9.53 Å². The van der Waals surface area contributed by atoms with Crippen molar-refractivity contribution in [2.75, 3.05) is 6.61 Å². The SMILES string of the molecule is CCCCCCCCCCCCC/C=C/[C@@H](O)[C@H](COC(=O)c1ccccc1)NC(=O)CCCCCCCCCCCCCCCCCCCCCCC. The second-order valence-corrected chi connectivity index (χ2v) is 16.2. The maximum Gasteiger partial charge on any atom is 0.338 e. The summed E-state index contributed by atoms with van der Waals surface area (Å²) < 4.78 is 5.53. The molecule has 0 saturated heterocycles. The highest BCUT2D eigenvalue weighted by Crippen LogP contribution is 2.16. The van der Waals surface area contributed by atoms with Gasteiger partial charge in [0.2, 0.25) is 5.91 Å². The van der Waals surface area contributed by atoms with Crippen molar-refractivity contribution < 1.29 is 19.4 Å². The molecule has 0 aliphatic rings. The Morgan fingerprint density at radius 3 is 1.33 bits per heavy atom. The summed E-state index contributed by atoms with van der Waals surface area (Å²) in [6, 6.07) is 8.19. The van der Waals surface area contributed by atoms with E-state index in [1.54, 1.807) is 30.3 Å². The Hall–Kier alpha value is -2.14. The van der Waals surface area contributed by atoms with Crippen molar-refractivity contribution in [1.29, 1.82) is 0 Å². The quantitative estimate of drug-likeness (QED) is 0.0397. The van der Waals surface area contributed by atoms with Crippen LogP contribution in [0.5, 0.6) is 0 Å². The zero-order valence-electron chi connectivity index (χ0n) is 35.6. The Kier molecular flexibility index (Phi) is 36.1. The normalized spacial score (nSPS) is 12.6. The Bertz CT molecular complexity index is 979. The first-order valence-corrected chi connectivity index (χ1v) is 23.4. The van der Waals surface area contributed by atoms with Crippen LogP contribution in [0, 0.1) is 0 Å². The first-order valence-electron chi connectivity index (χ1n) is 23.4. The van der Waals surface area contributed by atoms with Crippen LogP contribution in [0.3, 0.4) is 0 Å². The Morgan fingerprint density at radius 2 is 0.926 bits per heavy atom. The molecule has 0 heterocycles. The molecular weight excluding hydrogens is 667 g/mol. The molecule has 1 aromatic rings. The van der Waals surface area contributed by atoms with Gasteiger partial charge in [-0.2, -0.15) is 0 Å². The second kappa shape index (κ2) is 39.1. The Labute approximate surface area is 334 Å². The van der Waals surface area contributed by atoms with Gasteiger partial charge in [0.15, 0.2) is 0 Å². The van der Waals surface area contributed by atoms with Gasteiger partial charge in [0, 0.05) is 6.42 Å². The predicted molar refractivity (Wildman–Crippen MR) is 232 cm³/mol. The summed E-state index contributed by atoms with van der Waals surface area (Å²) in [5, 5.41) is 13.9. The molecule has 0 fully saturated rings. The van der Waals surface area contributed by atoms with E-state index >= 15 is 0 Å². The van der Waals surface area contributed by atoms with E-state index in [0.29, 0.717) is 12.0 Å². The number of aliphatic hydroxyl groups is 1. The van der Waals surface area contributed by atoms with Gasteiger partial charge < -0.3 is 15.2 Å². The van der Waals surface area contributed by atoms with Crippen LogP contribution < -0.4 is 5.32 Å². The molecule has 5 heteroatoms. The predicted octanol–water partition coefficient (Wildman–Crippen LogP) is 14.5. The van der Waals surface area contributed by atoms with Crippen molar-refractivity contribution in [2.45, 2.75) is 244 Å². The number of allylic oxidation sites excluding steroid dienone is 1. The molecule has 2 N–H and O–H groups in total. The molecule has 0 bridgehead atoms. The van der Waals surface area contributed by atoms with E-state index in [9.17, 15) is 14.7 Å². The minimum absolute atomic E-state index is 0.0667. The number of rotatable bonds is 40. The van der Waals surface area contributed by atoms with Crippen LogP contribution in [-0.4, -0.2) is 35.7 Å². The largest absolute Gasteiger partial charge is 0.460 e. The third kappa shape index (κ3) is 32.1. The number of aliphatic hydroxyl groups excluding tert-OH is 1. The van der Waals surface area contributed by atoms with Crippen LogP contribution >= 0.6 is 0 Å². The third-order valence-electron chi connectivity index (χ3n) is 11.0. The second-order valence-electron chi connectivity index (χ2n) is 16.2. The molecule has 1 amide bonds. The van der Waals surface area contributed by atoms with Gasteiger partial charge in [-0.3, -0.25) is 4.79 Å². The van der Waals surface area contributed by atoms with E-state index in [0.717, 1.165) is 32.1 Å². The van der Waals surface area contributed by atoms with E-state index in [1.807, 2.05) is 12.1 Å². The number of amides is 1. The first-order chi connectivity index (χ1) is 26.6. The maximum atomic E-state index is 12.9.